The van der Waals surface area contributed by atoms with Gasteiger partial charge in [0.15, 0.2) is 5.16 Å². The van der Waals surface area contributed by atoms with Gasteiger partial charge in [0, 0.05) is 10.9 Å². The first-order valence-electron chi connectivity index (χ1n) is 8.32. The number of aromatic amines is 1. The number of methoxy groups -OCH3 is 1. The minimum Gasteiger partial charge on any atom is -0.495 e. The van der Waals surface area contributed by atoms with Gasteiger partial charge < -0.3 is 9.72 Å². The number of fused-ring (bicyclic) bond motifs is 3. The van der Waals surface area contributed by atoms with E-state index < -0.39 is 0 Å². The summed E-state index contributed by atoms with van der Waals surface area (Å²) in [4.78, 5) is 21.3. The molecule has 0 radical (unpaired) electrons. The Balaban J connectivity index is 2.11. The van der Waals surface area contributed by atoms with Gasteiger partial charge in [-0.3, -0.25) is 4.79 Å². The molecule has 0 aliphatic carbocycles. The first-order chi connectivity index (χ1) is 13.1. The van der Waals surface area contributed by atoms with E-state index >= 15 is 0 Å². The van der Waals surface area contributed by atoms with Crippen molar-refractivity contribution in [3.8, 4) is 17.5 Å². The largest absolute Gasteiger partial charge is 0.495 e. The Morgan fingerprint density at radius 2 is 2.11 bits per heavy atom. The molecule has 0 aliphatic heterocycles. The number of thioether (sulfide) groups is 1. The maximum Gasteiger partial charge on any atom is 0.283 e. The fourth-order valence-corrected chi connectivity index (χ4v) is 3.78. The fraction of sp³-hybridized carbons (Fsp3) is 0.150. The van der Waals surface area contributed by atoms with E-state index in [2.05, 4.69) is 11.1 Å². The molecule has 0 spiro atoms. The van der Waals surface area contributed by atoms with Crippen LogP contribution in [0.5, 0.6) is 5.75 Å². The summed E-state index contributed by atoms with van der Waals surface area (Å²) in [6, 6.07) is 15.4. The molecule has 0 saturated heterocycles. The molecule has 0 saturated carbocycles. The van der Waals surface area contributed by atoms with Gasteiger partial charge >= 0.3 is 0 Å². The van der Waals surface area contributed by atoms with Gasteiger partial charge in [0.2, 0.25) is 0 Å². The number of aromatic nitrogens is 3. The van der Waals surface area contributed by atoms with Crippen LogP contribution in [0.15, 0.2) is 52.4 Å². The van der Waals surface area contributed by atoms with Crippen LogP contribution in [0.4, 0.5) is 0 Å². The molecular weight excluding hydrogens is 360 g/mol. The van der Waals surface area contributed by atoms with Gasteiger partial charge in [0.1, 0.15) is 16.8 Å². The van der Waals surface area contributed by atoms with Crippen LogP contribution in [-0.4, -0.2) is 27.4 Å². The van der Waals surface area contributed by atoms with Crippen molar-refractivity contribution in [3.05, 3.63) is 58.4 Å². The average molecular weight is 376 g/mol. The van der Waals surface area contributed by atoms with Gasteiger partial charge in [-0.1, -0.05) is 36.0 Å². The number of rotatable bonds is 4. The summed E-state index contributed by atoms with van der Waals surface area (Å²) in [5.74, 6) is 0.757. The predicted molar refractivity (Wildman–Crippen MR) is 107 cm³/mol. The molecular formula is C20H16N4O2S. The van der Waals surface area contributed by atoms with Gasteiger partial charge in [-0.15, -0.1) is 0 Å². The normalized spacial score (nSPS) is 11.0. The molecule has 0 aliphatic rings. The monoisotopic (exact) mass is 376 g/mol. The lowest BCUT2D eigenvalue weighted by molar-refractivity contribution is 0.411. The molecule has 0 unspecified atom stereocenters. The summed E-state index contributed by atoms with van der Waals surface area (Å²) in [5.41, 5.74) is 3.27. The van der Waals surface area contributed by atoms with Crippen molar-refractivity contribution in [2.75, 3.05) is 12.9 Å². The fourth-order valence-electron chi connectivity index (χ4n) is 3.12. The molecule has 27 heavy (non-hydrogen) atoms. The smallest absolute Gasteiger partial charge is 0.283 e. The van der Waals surface area contributed by atoms with E-state index in [9.17, 15) is 4.79 Å². The molecule has 134 valence electrons. The minimum atomic E-state index is -0.222. The SMILES string of the molecule is COc1ccc(C)cc1-n1c(SCC#N)nc2c([nH]c3ccccc32)c1=O. The number of benzene rings is 2. The van der Waals surface area contributed by atoms with E-state index in [1.807, 2.05) is 49.4 Å². The molecule has 2 aromatic carbocycles. The molecule has 2 heterocycles. The third kappa shape index (κ3) is 2.84. The van der Waals surface area contributed by atoms with Crippen LogP contribution in [0.3, 0.4) is 0 Å². The van der Waals surface area contributed by atoms with Gasteiger partial charge in [0.05, 0.1) is 24.6 Å². The highest BCUT2D eigenvalue weighted by Gasteiger charge is 2.19. The van der Waals surface area contributed by atoms with E-state index in [1.165, 1.54) is 16.3 Å². The van der Waals surface area contributed by atoms with Crippen molar-refractivity contribution >= 4 is 33.7 Å². The number of para-hydroxylation sites is 1. The highest BCUT2D eigenvalue weighted by atomic mass is 32.2. The Labute approximate surface area is 159 Å². The van der Waals surface area contributed by atoms with Crippen LogP contribution in [0.25, 0.3) is 27.6 Å². The molecule has 1 N–H and O–H groups in total. The molecule has 2 aromatic heterocycles. The van der Waals surface area contributed by atoms with Gasteiger partial charge in [-0.25, -0.2) is 9.55 Å². The Kier molecular flexibility index (Phi) is 4.34. The summed E-state index contributed by atoms with van der Waals surface area (Å²) >= 11 is 1.23. The van der Waals surface area contributed by atoms with Gasteiger partial charge in [0.25, 0.3) is 5.56 Å². The molecule has 0 fully saturated rings. The molecule has 0 atom stereocenters. The Bertz CT molecular complexity index is 1270. The van der Waals surface area contributed by atoms with E-state index in [0.29, 0.717) is 27.6 Å². The number of aryl methyl sites for hydroxylation is 1. The Hall–Kier alpha value is -3.24. The summed E-state index contributed by atoms with van der Waals surface area (Å²) in [5, 5.41) is 10.4. The number of nitrogens with zero attached hydrogens (tertiary/aromatic N) is 3. The number of H-pyrrole nitrogens is 1. The maximum atomic E-state index is 13.4. The van der Waals surface area contributed by atoms with E-state index in [1.54, 1.807) is 7.11 Å². The van der Waals surface area contributed by atoms with E-state index in [4.69, 9.17) is 15.0 Å². The number of nitriles is 1. The van der Waals surface area contributed by atoms with Crippen LogP contribution in [0.1, 0.15) is 5.56 Å². The van der Waals surface area contributed by atoms with Gasteiger partial charge in [-0.2, -0.15) is 5.26 Å². The van der Waals surface area contributed by atoms with Crippen LogP contribution in [0.2, 0.25) is 0 Å². The van der Waals surface area contributed by atoms with E-state index in [0.717, 1.165) is 16.5 Å². The number of nitrogens with one attached hydrogen (secondary N) is 1. The molecule has 7 heteroatoms. The zero-order chi connectivity index (χ0) is 19.0. The van der Waals surface area contributed by atoms with Crippen molar-refractivity contribution in [3.63, 3.8) is 0 Å². The summed E-state index contributed by atoms with van der Waals surface area (Å²) in [6.07, 6.45) is 0. The molecule has 0 amide bonds. The van der Waals surface area contributed by atoms with Crippen LogP contribution >= 0.6 is 11.8 Å². The number of ether oxygens (including phenoxy) is 1. The van der Waals surface area contributed by atoms with Crippen molar-refractivity contribution < 1.29 is 4.74 Å². The number of hydrogen-bond donors (Lipinski definition) is 1. The predicted octanol–water partition coefficient (Wildman–Crippen LogP) is 3.80. The highest BCUT2D eigenvalue weighted by molar-refractivity contribution is 7.99. The third-order valence-corrected chi connectivity index (χ3v) is 5.14. The van der Waals surface area contributed by atoms with Crippen molar-refractivity contribution in [2.24, 2.45) is 0 Å². The quantitative estimate of drug-likeness (QED) is 0.433. The Morgan fingerprint density at radius 1 is 1.30 bits per heavy atom. The average Bonchev–Trinajstić information content (AvgIpc) is 3.05. The van der Waals surface area contributed by atoms with Crippen molar-refractivity contribution in [1.29, 1.82) is 5.26 Å². The standard InChI is InChI=1S/C20H16N4O2S/c1-12-7-8-16(26-2)15(11-12)24-19(25)18-17(23-20(24)27-10-9-21)13-5-3-4-6-14(13)22-18/h3-8,11,22H,10H2,1-2H3. The zero-order valence-corrected chi connectivity index (χ0v) is 15.6. The summed E-state index contributed by atoms with van der Waals surface area (Å²) < 4.78 is 6.99. The second-order valence-corrected chi connectivity index (χ2v) is 6.99. The maximum absolute atomic E-state index is 13.4. The molecule has 4 rings (SSSR count). The second-order valence-electron chi connectivity index (χ2n) is 6.05. The zero-order valence-electron chi connectivity index (χ0n) is 14.8. The van der Waals surface area contributed by atoms with E-state index in [-0.39, 0.29) is 11.3 Å². The minimum absolute atomic E-state index is 0.189. The van der Waals surface area contributed by atoms with Crippen LogP contribution in [0, 0.1) is 18.3 Å². The Morgan fingerprint density at radius 3 is 2.89 bits per heavy atom. The lowest BCUT2D eigenvalue weighted by Gasteiger charge is -2.15. The summed E-state index contributed by atoms with van der Waals surface area (Å²) in [7, 11) is 1.57. The number of hydrogen-bond acceptors (Lipinski definition) is 5. The van der Waals surface area contributed by atoms with Crippen molar-refractivity contribution in [2.45, 2.75) is 12.1 Å². The lowest BCUT2D eigenvalue weighted by atomic mass is 10.2. The molecule has 6 nitrogen and oxygen atoms in total. The summed E-state index contributed by atoms with van der Waals surface area (Å²) in [6.45, 7) is 1.95. The molecule has 0 bridgehead atoms. The first kappa shape index (κ1) is 17.2. The van der Waals surface area contributed by atoms with Gasteiger partial charge in [-0.05, 0) is 30.7 Å². The second kappa shape index (κ2) is 6.82. The van der Waals surface area contributed by atoms with Crippen LogP contribution < -0.4 is 10.3 Å². The van der Waals surface area contributed by atoms with Crippen LogP contribution in [-0.2, 0) is 0 Å². The molecule has 4 aromatic rings. The highest BCUT2D eigenvalue weighted by Crippen LogP contribution is 2.30. The lowest BCUT2D eigenvalue weighted by Crippen LogP contribution is -2.22. The van der Waals surface area contributed by atoms with Crippen molar-refractivity contribution in [1.82, 2.24) is 14.5 Å². The third-order valence-electron chi connectivity index (χ3n) is 4.34. The topological polar surface area (TPSA) is 83.7 Å². The first-order valence-corrected chi connectivity index (χ1v) is 9.31.